The van der Waals surface area contributed by atoms with Gasteiger partial charge >= 0.3 is 0 Å². The second-order valence-corrected chi connectivity index (χ2v) is 7.60. The lowest BCUT2D eigenvalue weighted by Gasteiger charge is -2.22. The van der Waals surface area contributed by atoms with Crippen LogP contribution in [0.3, 0.4) is 0 Å². The van der Waals surface area contributed by atoms with Crippen LogP contribution in [-0.4, -0.2) is 29.7 Å². The first kappa shape index (κ1) is 18.4. The molecule has 5 nitrogen and oxygen atoms in total. The summed E-state index contributed by atoms with van der Waals surface area (Å²) in [6.45, 7) is 2.05. The average Bonchev–Trinajstić information content (AvgIpc) is 2.95. The van der Waals surface area contributed by atoms with Crippen molar-refractivity contribution >= 4 is 17.7 Å². The van der Waals surface area contributed by atoms with Crippen molar-refractivity contribution in [3.63, 3.8) is 0 Å². The number of benzene rings is 2. The Morgan fingerprint density at radius 3 is 2.46 bits per heavy atom. The third-order valence-electron chi connectivity index (χ3n) is 5.84. The molecule has 0 saturated carbocycles. The fraction of sp³-hybridized carbons (Fsp3) is 0.348. The van der Waals surface area contributed by atoms with Crippen LogP contribution in [0.1, 0.15) is 80.0 Å². The van der Waals surface area contributed by atoms with E-state index in [-0.39, 0.29) is 23.8 Å². The predicted molar refractivity (Wildman–Crippen MR) is 106 cm³/mol. The Hall–Kier alpha value is -2.95. The molecule has 2 aromatic rings. The summed E-state index contributed by atoms with van der Waals surface area (Å²) in [7, 11) is 1.45. The molecule has 1 aliphatic heterocycles. The van der Waals surface area contributed by atoms with Crippen molar-refractivity contribution in [2.24, 2.45) is 0 Å². The normalized spacial score (nSPS) is 16.6. The van der Waals surface area contributed by atoms with Gasteiger partial charge in [0.05, 0.1) is 17.2 Å². The highest BCUT2D eigenvalue weighted by molar-refractivity contribution is 6.21. The van der Waals surface area contributed by atoms with Crippen LogP contribution in [0.4, 0.5) is 0 Å². The molecule has 4 rings (SSSR count). The molecule has 0 aromatic heterocycles. The van der Waals surface area contributed by atoms with Gasteiger partial charge < -0.3 is 5.32 Å². The van der Waals surface area contributed by atoms with Gasteiger partial charge in [-0.3, -0.25) is 19.3 Å². The largest absolute Gasteiger partial charge is 0.345 e. The molecule has 1 atom stereocenters. The molecule has 144 valence electrons. The molecule has 0 bridgehead atoms. The SMILES string of the molecule is CCC(NC(=O)c1ccc2c(c1)C(=O)N(C)C2=O)c1ccc2c(c1)CCCC2. The van der Waals surface area contributed by atoms with Crippen LogP contribution >= 0.6 is 0 Å². The van der Waals surface area contributed by atoms with E-state index in [1.54, 1.807) is 12.1 Å². The molecule has 0 fully saturated rings. The van der Waals surface area contributed by atoms with Gasteiger partial charge in [-0.1, -0.05) is 25.1 Å². The average molecular weight is 376 g/mol. The first-order valence-corrected chi connectivity index (χ1v) is 9.88. The van der Waals surface area contributed by atoms with Crippen molar-refractivity contribution in [3.05, 3.63) is 69.8 Å². The molecule has 5 heteroatoms. The maximum Gasteiger partial charge on any atom is 0.261 e. The molecule has 0 radical (unpaired) electrons. The molecule has 1 unspecified atom stereocenters. The second-order valence-electron chi connectivity index (χ2n) is 7.60. The number of nitrogens with one attached hydrogen (secondary N) is 1. The summed E-state index contributed by atoms with van der Waals surface area (Å²) in [5, 5.41) is 3.09. The van der Waals surface area contributed by atoms with Gasteiger partial charge in [0.2, 0.25) is 0 Å². The topological polar surface area (TPSA) is 66.5 Å². The molecule has 1 aliphatic carbocycles. The number of aryl methyl sites for hydroxylation is 2. The van der Waals surface area contributed by atoms with Crippen LogP contribution in [0, 0.1) is 0 Å². The summed E-state index contributed by atoms with van der Waals surface area (Å²) in [5.74, 6) is -0.925. The lowest BCUT2D eigenvalue weighted by Crippen LogP contribution is -2.28. The Morgan fingerprint density at radius 1 is 1.00 bits per heavy atom. The predicted octanol–water partition coefficient (Wildman–Crippen LogP) is 3.67. The third-order valence-corrected chi connectivity index (χ3v) is 5.84. The van der Waals surface area contributed by atoms with E-state index in [1.165, 1.54) is 37.1 Å². The molecule has 1 N–H and O–H groups in total. The van der Waals surface area contributed by atoms with E-state index >= 15 is 0 Å². The van der Waals surface area contributed by atoms with Gasteiger partial charge in [-0.25, -0.2) is 0 Å². The van der Waals surface area contributed by atoms with Crippen LogP contribution in [0.15, 0.2) is 36.4 Å². The quantitative estimate of drug-likeness (QED) is 0.828. The van der Waals surface area contributed by atoms with E-state index in [1.807, 2.05) is 6.92 Å². The van der Waals surface area contributed by atoms with E-state index < -0.39 is 0 Å². The number of hydrogen-bond acceptors (Lipinski definition) is 3. The number of fused-ring (bicyclic) bond motifs is 2. The zero-order valence-corrected chi connectivity index (χ0v) is 16.2. The van der Waals surface area contributed by atoms with Crippen molar-refractivity contribution in [1.29, 1.82) is 0 Å². The van der Waals surface area contributed by atoms with Crippen molar-refractivity contribution in [1.82, 2.24) is 10.2 Å². The number of hydrogen-bond donors (Lipinski definition) is 1. The first-order valence-electron chi connectivity index (χ1n) is 9.88. The number of imide groups is 1. The molecule has 2 aliphatic rings. The summed E-state index contributed by atoms with van der Waals surface area (Å²) in [6, 6.07) is 11.1. The summed E-state index contributed by atoms with van der Waals surface area (Å²) in [5.41, 5.74) is 4.96. The summed E-state index contributed by atoms with van der Waals surface area (Å²) in [4.78, 5) is 38.1. The number of carbonyl (C=O) groups is 3. The minimum absolute atomic E-state index is 0.0898. The summed E-state index contributed by atoms with van der Waals surface area (Å²) in [6.07, 6.45) is 5.47. The van der Waals surface area contributed by atoms with E-state index in [4.69, 9.17) is 0 Å². The van der Waals surface area contributed by atoms with Crippen molar-refractivity contribution in [3.8, 4) is 0 Å². The van der Waals surface area contributed by atoms with Gasteiger partial charge in [0.25, 0.3) is 17.7 Å². The van der Waals surface area contributed by atoms with E-state index in [0.29, 0.717) is 16.7 Å². The summed E-state index contributed by atoms with van der Waals surface area (Å²) < 4.78 is 0. The molecule has 0 spiro atoms. The third kappa shape index (κ3) is 3.11. The molecule has 28 heavy (non-hydrogen) atoms. The lowest BCUT2D eigenvalue weighted by molar-refractivity contribution is 0.0693. The van der Waals surface area contributed by atoms with Crippen molar-refractivity contribution < 1.29 is 14.4 Å². The first-order chi connectivity index (χ1) is 13.5. The minimum Gasteiger partial charge on any atom is -0.345 e. The number of amides is 3. The van der Waals surface area contributed by atoms with Crippen molar-refractivity contribution in [2.75, 3.05) is 7.05 Å². The van der Waals surface area contributed by atoms with Crippen LogP contribution in [-0.2, 0) is 12.8 Å². The van der Waals surface area contributed by atoms with Crippen molar-refractivity contribution in [2.45, 2.75) is 45.1 Å². The zero-order valence-electron chi connectivity index (χ0n) is 16.2. The highest BCUT2D eigenvalue weighted by atomic mass is 16.2. The Labute approximate surface area is 164 Å². The fourth-order valence-electron chi connectivity index (χ4n) is 4.14. The second kappa shape index (κ2) is 7.23. The highest BCUT2D eigenvalue weighted by Gasteiger charge is 2.33. The van der Waals surface area contributed by atoms with Gasteiger partial charge in [-0.15, -0.1) is 0 Å². The molecule has 3 amide bonds. The van der Waals surface area contributed by atoms with E-state index in [2.05, 4.69) is 23.5 Å². The number of nitrogens with zero attached hydrogens (tertiary/aromatic N) is 1. The van der Waals surface area contributed by atoms with Crippen LogP contribution in [0.25, 0.3) is 0 Å². The van der Waals surface area contributed by atoms with Crippen LogP contribution in [0.2, 0.25) is 0 Å². The number of carbonyl (C=O) groups excluding carboxylic acids is 3. The van der Waals surface area contributed by atoms with Crippen LogP contribution < -0.4 is 5.32 Å². The van der Waals surface area contributed by atoms with E-state index in [9.17, 15) is 14.4 Å². The zero-order chi connectivity index (χ0) is 19.8. The minimum atomic E-state index is -0.364. The van der Waals surface area contributed by atoms with Gasteiger partial charge in [-0.2, -0.15) is 0 Å². The molecule has 0 saturated heterocycles. The Kier molecular flexibility index (Phi) is 4.75. The standard InChI is InChI=1S/C23H24N2O3/c1-3-20(16-9-8-14-6-4-5-7-15(14)12-16)24-21(26)17-10-11-18-19(13-17)23(28)25(2)22(18)27/h8-13,20H,3-7H2,1-2H3,(H,24,26). The fourth-order valence-corrected chi connectivity index (χ4v) is 4.14. The Bertz CT molecular complexity index is 980. The highest BCUT2D eigenvalue weighted by Crippen LogP contribution is 2.27. The maximum absolute atomic E-state index is 12.8. The summed E-state index contributed by atoms with van der Waals surface area (Å²) >= 11 is 0. The smallest absolute Gasteiger partial charge is 0.261 e. The van der Waals surface area contributed by atoms with Gasteiger partial charge in [0.1, 0.15) is 0 Å². The van der Waals surface area contributed by atoms with Gasteiger partial charge in [-0.05, 0) is 67.0 Å². The Morgan fingerprint density at radius 2 is 1.71 bits per heavy atom. The lowest BCUT2D eigenvalue weighted by atomic mass is 9.88. The number of rotatable bonds is 4. The molecule has 1 heterocycles. The monoisotopic (exact) mass is 376 g/mol. The molecular weight excluding hydrogens is 352 g/mol. The molecular formula is C23H24N2O3. The maximum atomic E-state index is 12.8. The van der Waals surface area contributed by atoms with Gasteiger partial charge in [0, 0.05) is 12.6 Å². The van der Waals surface area contributed by atoms with Crippen LogP contribution in [0.5, 0.6) is 0 Å². The van der Waals surface area contributed by atoms with Gasteiger partial charge in [0.15, 0.2) is 0 Å². The molecule has 2 aromatic carbocycles. The van der Waals surface area contributed by atoms with E-state index in [0.717, 1.165) is 29.7 Å². The Balaban J connectivity index is 1.56.